The number of hydrogen-bond donors (Lipinski definition) is 3. The summed E-state index contributed by atoms with van der Waals surface area (Å²) in [6.45, 7) is 0.407. The highest BCUT2D eigenvalue weighted by atomic mass is 32.2. The molecule has 1 heterocycles. The van der Waals surface area contributed by atoms with Gasteiger partial charge in [0.1, 0.15) is 15.4 Å². The van der Waals surface area contributed by atoms with Gasteiger partial charge in [-0.05, 0) is 43.4 Å². The zero-order valence-corrected chi connectivity index (χ0v) is 14.7. The predicted octanol–water partition coefficient (Wildman–Crippen LogP) is 0.990. The standard InChI is InChI=1S/C18H22N2O4S/c21-17(20-22)18(9-11-25(23,24)12-10-18)19-13-16-7-5-15(6-8-16)4-3-14-1-2-14/h5-8,14,19,22H,1-2,9-13H2,(H,20,21). The number of benzene rings is 1. The van der Waals surface area contributed by atoms with Gasteiger partial charge in [-0.3, -0.25) is 15.3 Å². The molecule has 2 fully saturated rings. The van der Waals surface area contributed by atoms with Crippen LogP contribution >= 0.6 is 0 Å². The minimum absolute atomic E-state index is 0.0664. The molecule has 0 aromatic heterocycles. The number of hydrogen-bond acceptors (Lipinski definition) is 5. The summed E-state index contributed by atoms with van der Waals surface area (Å²) in [5, 5.41) is 12.2. The van der Waals surface area contributed by atoms with Gasteiger partial charge in [-0.15, -0.1) is 0 Å². The Morgan fingerprint density at radius 2 is 1.84 bits per heavy atom. The molecule has 0 unspecified atom stereocenters. The average molecular weight is 362 g/mol. The summed E-state index contributed by atoms with van der Waals surface area (Å²) < 4.78 is 23.3. The maximum atomic E-state index is 12.1. The molecule has 7 heteroatoms. The minimum atomic E-state index is -3.11. The van der Waals surface area contributed by atoms with E-state index in [0.717, 1.165) is 11.1 Å². The molecule has 0 radical (unpaired) electrons. The number of sulfone groups is 1. The highest BCUT2D eigenvalue weighted by Crippen LogP contribution is 2.27. The zero-order valence-electron chi connectivity index (χ0n) is 13.9. The number of carbonyl (C=O) groups excluding carboxylic acids is 1. The fourth-order valence-corrected chi connectivity index (χ4v) is 4.39. The first-order valence-electron chi connectivity index (χ1n) is 8.43. The Morgan fingerprint density at radius 1 is 1.20 bits per heavy atom. The SMILES string of the molecule is O=C(NO)C1(NCc2ccc(C#CC3CC3)cc2)CCS(=O)(=O)CC1. The lowest BCUT2D eigenvalue weighted by molar-refractivity contribution is -0.136. The molecule has 1 saturated carbocycles. The molecule has 3 N–H and O–H groups in total. The van der Waals surface area contributed by atoms with Crippen molar-refractivity contribution in [3.05, 3.63) is 35.4 Å². The fourth-order valence-electron chi connectivity index (χ4n) is 2.87. The molecule has 6 nitrogen and oxygen atoms in total. The van der Waals surface area contributed by atoms with Crippen LogP contribution in [0.2, 0.25) is 0 Å². The van der Waals surface area contributed by atoms with E-state index in [1.807, 2.05) is 24.3 Å². The Labute approximate surface area is 147 Å². The smallest absolute Gasteiger partial charge is 0.263 e. The molecule has 1 aromatic carbocycles. The average Bonchev–Trinajstić information content (AvgIpc) is 3.44. The van der Waals surface area contributed by atoms with Crippen molar-refractivity contribution in [1.82, 2.24) is 10.8 Å². The Hall–Kier alpha value is -1.88. The first-order valence-corrected chi connectivity index (χ1v) is 10.3. The van der Waals surface area contributed by atoms with Crippen LogP contribution in [0, 0.1) is 17.8 Å². The van der Waals surface area contributed by atoms with Crippen LogP contribution in [0.1, 0.15) is 36.8 Å². The van der Waals surface area contributed by atoms with E-state index in [4.69, 9.17) is 5.21 Å². The summed E-state index contributed by atoms with van der Waals surface area (Å²) >= 11 is 0. The van der Waals surface area contributed by atoms with Gasteiger partial charge in [-0.1, -0.05) is 24.0 Å². The summed E-state index contributed by atoms with van der Waals surface area (Å²) in [6.07, 6.45) is 2.68. The lowest BCUT2D eigenvalue weighted by Crippen LogP contribution is -2.59. The van der Waals surface area contributed by atoms with Crippen molar-refractivity contribution in [2.75, 3.05) is 11.5 Å². The largest absolute Gasteiger partial charge is 0.299 e. The highest BCUT2D eigenvalue weighted by Gasteiger charge is 2.43. The van der Waals surface area contributed by atoms with Crippen molar-refractivity contribution in [2.24, 2.45) is 5.92 Å². The number of hydroxylamine groups is 1. The monoisotopic (exact) mass is 362 g/mol. The second-order valence-corrected chi connectivity index (χ2v) is 9.07. The predicted molar refractivity (Wildman–Crippen MR) is 93.4 cm³/mol. The van der Waals surface area contributed by atoms with Crippen LogP contribution in [0.4, 0.5) is 0 Å². The summed E-state index contributed by atoms with van der Waals surface area (Å²) in [7, 11) is -3.11. The molecule has 134 valence electrons. The van der Waals surface area contributed by atoms with Gasteiger partial charge in [-0.2, -0.15) is 0 Å². The number of rotatable bonds is 4. The van der Waals surface area contributed by atoms with Crippen LogP contribution in [-0.2, 0) is 21.2 Å². The second kappa shape index (κ2) is 7.16. The van der Waals surface area contributed by atoms with Crippen molar-refractivity contribution in [3.63, 3.8) is 0 Å². The van der Waals surface area contributed by atoms with Gasteiger partial charge >= 0.3 is 0 Å². The van der Waals surface area contributed by atoms with Crippen LogP contribution in [0.15, 0.2) is 24.3 Å². The molecule has 1 aromatic rings. The molecule has 1 aliphatic carbocycles. The van der Waals surface area contributed by atoms with E-state index < -0.39 is 21.3 Å². The molecule has 2 aliphatic rings. The quantitative estimate of drug-likeness (QED) is 0.422. The van der Waals surface area contributed by atoms with E-state index in [9.17, 15) is 13.2 Å². The number of nitrogens with one attached hydrogen (secondary N) is 2. The third kappa shape index (κ3) is 4.60. The van der Waals surface area contributed by atoms with Gasteiger partial charge in [-0.25, -0.2) is 13.9 Å². The van der Waals surface area contributed by atoms with E-state index in [1.165, 1.54) is 12.8 Å². The van der Waals surface area contributed by atoms with Crippen LogP contribution in [0.25, 0.3) is 0 Å². The van der Waals surface area contributed by atoms with Crippen molar-refractivity contribution in [3.8, 4) is 11.8 Å². The third-order valence-electron chi connectivity index (χ3n) is 4.80. The number of carbonyl (C=O) groups is 1. The summed E-state index contributed by atoms with van der Waals surface area (Å²) in [5.74, 6) is 6.19. The molecule has 1 amide bonds. The van der Waals surface area contributed by atoms with Crippen LogP contribution in [-0.4, -0.2) is 36.6 Å². The Kier molecular flexibility index (Phi) is 5.13. The van der Waals surface area contributed by atoms with E-state index >= 15 is 0 Å². The van der Waals surface area contributed by atoms with E-state index in [1.54, 1.807) is 5.48 Å². The molecular formula is C18H22N2O4S. The highest BCUT2D eigenvalue weighted by molar-refractivity contribution is 7.91. The van der Waals surface area contributed by atoms with Crippen LogP contribution < -0.4 is 10.8 Å². The maximum Gasteiger partial charge on any atom is 0.263 e. The van der Waals surface area contributed by atoms with E-state index in [0.29, 0.717) is 12.5 Å². The molecular weight excluding hydrogens is 340 g/mol. The molecule has 3 rings (SSSR count). The van der Waals surface area contributed by atoms with Crippen molar-refractivity contribution in [1.29, 1.82) is 0 Å². The van der Waals surface area contributed by atoms with Crippen LogP contribution in [0.3, 0.4) is 0 Å². The van der Waals surface area contributed by atoms with Gasteiger partial charge in [0.05, 0.1) is 11.5 Å². The molecule has 1 saturated heterocycles. The normalized spacial score (nSPS) is 21.0. The summed E-state index contributed by atoms with van der Waals surface area (Å²) in [5.41, 5.74) is 2.53. The first kappa shape index (κ1) is 17.9. The third-order valence-corrected chi connectivity index (χ3v) is 6.45. The molecule has 0 bridgehead atoms. The first-order chi connectivity index (χ1) is 11.9. The molecule has 0 atom stereocenters. The topological polar surface area (TPSA) is 95.5 Å². The van der Waals surface area contributed by atoms with Gasteiger partial charge in [0.2, 0.25) is 0 Å². The van der Waals surface area contributed by atoms with Crippen molar-refractivity contribution >= 4 is 15.7 Å². The Morgan fingerprint density at radius 3 is 2.40 bits per heavy atom. The van der Waals surface area contributed by atoms with Crippen molar-refractivity contribution in [2.45, 2.75) is 37.8 Å². The fraction of sp³-hybridized carbons (Fsp3) is 0.500. The molecule has 25 heavy (non-hydrogen) atoms. The Bertz CT molecular complexity index is 788. The summed E-state index contributed by atoms with van der Waals surface area (Å²) in [6, 6.07) is 7.76. The van der Waals surface area contributed by atoms with Gasteiger partial charge in [0.15, 0.2) is 0 Å². The second-order valence-electron chi connectivity index (χ2n) is 6.77. The van der Waals surface area contributed by atoms with Crippen molar-refractivity contribution < 1.29 is 18.4 Å². The van der Waals surface area contributed by atoms with Gasteiger partial charge in [0, 0.05) is 18.0 Å². The lowest BCUT2D eigenvalue weighted by Gasteiger charge is -2.35. The zero-order chi connectivity index (χ0) is 17.9. The molecule has 1 aliphatic heterocycles. The number of amides is 1. The van der Waals surface area contributed by atoms with E-state index in [2.05, 4.69) is 17.2 Å². The minimum Gasteiger partial charge on any atom is -0.299 e. The van der Waals surface area contributed by atoms with Gasteiger partial charge < -0.3 is 0 Å². The summed E-state index contributed by atoms with van der Waals surface area (Å²) in [4.78, 5) is 12.1. The van der Waals surface area contributed by atoms with E-state index in [-0.39, 0.29) is 24.3 Å². The maximum absolute atomic E-state index is 12.1. The van der Waals surface area contributed by atoms with Crippen LogP contribution in [0.5, 0.6) is 0 Å². The Balaban J connectivity index is 1.65. The molecule has 0 spiro atoms. The van der Waals surface area contributed by atoms with Gasteiger partial charge in [0.25, 0.3) is 5.91 Å². The lowest BCUT2D eigenvalue weighted by atomic mass is 9.91.